The van der Waals surface area contributed by atoms with Crippen LogP contribution in [0.2, 0.25) is 0 Å². The first-order chi connectivity index (χ1) is 6.85. The van der Waals surface area contributed by atoms with Gasteiger partial charge in [-0.05, 0) is 20.9 Å². The maximum absolute atomic E-state index is 11.8. The minimum absolute atomic E-state index is 0.0195. The van der Waals surface area contributed by atoms with Crippen LogP contribution in [0.25, 0.3) is 0 Å². The monoisotopic (exact) mass is 215 g/mol. The van der Waals surface area contributed by atoms with Crippen molar-refractivity contribution in [3.8, 4) is 0 Å². The standard InChI is InChI=1S/C10H21N3O2/c1-10(2,12-4)9(15)13(5)7-6-8(14)11-3/h12H,6-7H2,1-5H3,(H,11,14). The number of amides is 2. The molecule has 0 saturated heterocycles. The zero-order chi connectivity index (χ0) is 12.1. The van der Waals surface area contributed by atoms with Gasteiger partial charge in [-0.3, -0.25) is 9.59 Å². The first kappa shape index (κ1) is 13.9. The average Bonchev–Trinajstić information content (AvgIpc) is 2.23. The molecule has 5 nitrogen and oxygen atoms in total. The van der Waals surface area contributed by atoms with Gasteiger partial charge in [0, 0.05) is 27.1 Å². The summed E-state index contributed by atoms with van der Waals surface area (Å²) in [7, 11) is 5.02. The van der Waals surface area contributed by atoms with E-state index in [1.807, 2.05) is 13.8 Å². The van der Waals surface area contributed by atoms with Crippen LogP contribution in [0.4, 0.5) is 0 Å². The van der Waals surface area contributed by atoms with Crippen LogP contribution in [-0.2, 0) is 9.59 Å². The van der Waals surface area contributed by atoms with E-state index in [2.05, 4.69) is 10.6 Å². The third-order valence-corrected chi connectivity index (χ3v) is 2.46. The zero-order valence-electron chi connectivity index (χ0n) is 10.2. The van der Waals surface area contributed by atoms with E-state index in [1.54, 1.807) is 26.0 Å². The molecule has 0 aromatic carbocycles. The minimum Gasteiger partial charge on any atom is -0.359 e. The number of nitrogens with one attached hydrogen (secondary N) is 2. The van der Waals surface area contributed by atoms with E-state index in [4.69, 9.17) is 0 Å². The van der Waals surface area contributed by atoms with Crippen molar-refractivity contribution < 1.29 is 9.59 Å². The van der Waals surface area contributed by atoms with Gasteiger partial charge in [-0.1, -0.05) is 0 Å². The minimum atomic E-state index is -0.586. The van der Waals surface area contributed by atoms with Crippen LogP contribution in [0.3, 0.4) is 0 Å². The normalized spacial score (nSPS) is 11.0. The maximum Gasteiger partial charge on any atom is 0.242 e. The Balaban J connectivity index is 4.16. The van der Waals surface area contributed by atoms with Gasteiger partial charge in [-0.2, -0.15) is 0 Å². The van der Waals surface area contributed by atoms with Gasteiger partial charge in [-0.15, -0.1) is 0 Å². The Labute approximate surface area is 91.2 Å². The number of nitrogens with zero attached hydrogens (tertiary/aromatic N) is 1. The SMILES string of the molecule is CNC(=O)CCN(C)C(=O)C(C)(C)NC. The van der Waals surface area contributed by atoms with Crippen molar-refractivity contribution in [2.75, 3.05) is 27.7 Å². The topological polar surface area (TPSA) is 61.4 Å². The molecule has 2 N–H and O–H groups in total. The summed E-state index contributed by atoms with van der Waals surface area (Å²) >= 11 is 0. The fourth-order valence-corrected chi connectivity index (χ4v) is 1.08. The molecule has 88 valence electrons. The van der Waals surface area contributed by atoms with Crippen LogP contribution >= 0.6 is 0 Å². The molecule has 0 bridgehead atoms. The first-order valence-electron chi connectivity index (χ1n) is 5.00. The Kier molecular flexibility index (Phi) is 5.28. The Bertz CT molecular complexity index is 239. The van der Waals surface area contributed by atoms with Crippen molar-refractivity contribution in [2.45, 2.75) is 25.8 Å². The number of carbonyl (C=O) groups excluding carboxylic acids is 2. The van der Waals surface area contributed by atoms with Crippen molar-refractivity contribution in [1.29, 1.82) is 0 Å². The highest BCUT2D eigenvalue weighted by Crippen LogP contribution is 2.05. The Morgan fingerprint density at radius 2 is 1.80 bits per heavy atom. The van der Waals surface area contributed by atoms with Crippen LogP contribution in [-0.4, -0.2) is 49.9 Å². The lowest BCUT2D eigenvalue weighted by Gasteiger charge is -2.28. The Hall–Kier alpha value is -1.10. The summed E-state index contributed by atoms with van der Waals surface area (Å²) < 4.78 is 0. The smallest absolute Gasteiger partial charge is 0.242 e. The molecule has 0 rings (SSSR count). The first-order valence-corrected chi connectivity index (χ1v) is 5.00. The van der Waals surface area contributed by atoms with Crippen molar-refractivity contribution >= 4 is 11.8 Å². The number of rotatable bonds is 5. The van der Waals surface area contributed by atoms with E-state index >= 15 is 0 Å². The molecule has 2 amide bonds. The van der Waals surface area contributed by atoms with Gasteiger partial charge in [0.05, 0.1) is 5.54 Å². The molecular formula is C10H21N3O2. The molecule has 0 heterocycles. The largest absolute Gasteiger partial charge is 0.359 e. The highest BCUT2D eigenvalue weighted by atomic mass is 16.2. The van der Waals surface area contributed by atoms with Crippen LogP contribution in [0.15, 0.2) is 0 Å². The van der Waals surface area contributed by atoms with E-state index in [-0.39, 0.29) is 11.8 Å². The third-order valence-electron chi connectivity index (χ3n) is 2.46. The molecular weight excluding hydrogens is 194 g/mol. The molecule has 0 aromatic heterocycles. The second-order valence-corrected chi connectivity index (χ2v) is 4.02. The quantitative estimate of drug-likeness (QED) is 0.655. The van der Waals surface area contributed by atoms with E-state index in [9.17, 15) is 9.59 Å². The molecule has 0 atom stereocenters. The fourth-order valence-electron chi connectivity index (χ4n) is 1.08. The molecule has 5 heteroatoms. The van der Waals surface area contributed by atoms with E-state index < -0.39 is 5.54 Å². The van der Waals surface area contributed by atoms with Crippen LogP contribution in [0, 0.1) is 0 Å². The van der Waals surface area contributed by atoms with Crippen molar-refractivity contribution in [3.63, 3.8) is 0 Å². The lowest BCUT2D eigenvalue weighted by molar-refractivity contribution is -0.136. The number of hydrogen-bond donors (Lipinski definition) is 2. The molecule has 0 saturated carbocycles. The zero-order valence-corrected chi connectivity index (χ0v) is 10.2. The van der Waals surface area contributed by atoms with Crippen molar-refractivity contribution in [3.05, 3.63) is 0 Å². The summed E-state index contributed by atoms with van der Waals surface area (Å²) in [4.78, 5) is 24.4. The summed E-state index contributed by atoms with van der Waals surface area (Å²) in [6, 6.07) is 0. The Morgan fingerprint density at radius 1 is 1.27 bits per heavy atom. The molecule has 0 radical (unpaired) electrons. The molecule has 0 fully saturated rings. The van der Waals surface area contributed by atoms with Gasteiger partial charge in [-0.25, -0.2) is 0 Å². The lowest BCUT2D eigenvalue weighted by atomic mass is 10.0. The number of hydrogen-bond acceptors (Lipinski definition) is 3. The number of carbonyl (C=O) groups is 2. The third kappa shape index (κ3) is 4.29. The summed E-state index contributed by atoms with van der Waals surface area (Å²) in [5.41, 5.74) is -0.586. The Morgan fingerprint density at radius 3 is 2.20 bits per heavy atom. The second kappa shape index (κ2) is 5.70. The summed E-state index contributed by atoms with van der Waals surface area (Å²) in [5, 5.41) is 5.45. The van der Waals surface area contributed by atoms with Crippen LogP contribution in [0.5, 0.6) is 0 Å². The second-order valence-electron chi connectivity index (χ2n) is 4.02. The van der Waals surface area contributed by atoms with Crippen molar-refractivity contribution in [1.82, 2.24) is 15.5 Å². The highest BCUT2D eigenvalue weighted by Gasteiger charge is 2.28. The van der Waals surface area contributed by atoms with E-state index in [1.165, 1.54) is 0 Å². The average molecular weight is 215 g/mol. The molecule has 0 aromatic rings. The predicted molar refractivity (Wildman–Crippen MR) is 59.5 cm³/mol. The van der Waals surface area contributed by atoms with Crippen LogP contribution < -0.4 is 10.6 Å². The van der Waals surface area contributed by atoms with Gasteiger partial charge >= 0.3 is 0 Å². The van der Waals surface area contributed by atoms with E-state index in [0.29, 0.717) is 13.0 Å². The fraction of sp³-hybridized carbons (Fsp3) is 0.800. The van der Waals surface area contributed by atoms with Crippen molar-refractivity contribution in [2.24, 2.45) is 0 Å². The molecule has 0 aliphatic rings. The van der Waals surface area contributed by atoms with Gasteiger partial charge in [0.15, 0.2) is 0 Å². The maximum atomic E-state index is 11.8. The predicted octanol–water partition coefficient (Wildman–Crippen LogP) is -0.421. The van der Waals surface area contributed by atoms with Gasteiger partial charge in [0.25, 0.3) is 0 Å². The summed E-state index contributed by atoms with van der Waals surface area (Å²) in [5.74, 6) is -0.0779. The molecule has 0 aliphatic carbocycles. The number of likely N-dealkylation sites (N-methyl/N-ethyl adjacent to an activating group) is 2. The molecule has 0 aliphatic heterocycles. The van der Waals surface area contributed by atoms with Crippen LogP contribution in [0.1, 0.15) is 20.3 Å². The molecule has 15 heavy (non-hydrogen) atoms. The van der Waals surface area contributed by atoms with Gasteiger partial charge < -0.3 is 15.5 Å². The highest BCUT2D eigenvalue weighted by molar-refractivity contribution is 5.85. The molecule has 0 spiro atoms. The summed E-state index contributed by atoms with van der Waals surface area (Å²) in [6.07, 6.45) is 0.332. The molecule has 0 unspecified atom stereocenters. The lowest BCUT2D eigenvalue weighted by Crippen LogP contribution is -2.52. The van der Waals surface area contributed by atoms with Gasteiger partial charge in [0.2, 0.25) is 11.8 Å². The van der Waals surface area contributed by atoms with E-state index in [0.717, 1.165) is 0 Å². The van der Waals surface area contributed by atoms with Gasteiger partial charge in [0.1, 0.15) is 0 Å². The summed E-state index contributed by atoms with van der Waals surface area (Å²) in [6.45, 7) is 4.06.